The fourth-order valence-corrected chi connectivity index (χ4v) is 1.96. The largest absolute Gasteiger partial charge is 0.460 e. The average molecular weight is 313 g/mol. The van der Waals surface area contributed by atoms with E-state index in [2.05, 4.69) is 5.32 Å². The van der Waals surface area contributed by atoms with Gasteiger partial charge in [0.05, 0.1) is 6.61 Å². The highest BCUT2D eigenvalue weighted by atomic mass is 16.5. The smallest absolute Gasteiger partial charge is 0.325 e. The maximum absolute atomic E-state index is 11.9. The average Bonchev–Trinajstić information content (AvgIpc) is 2.59. The molecule has 0 aromatic heterocycles. The summed E-state index contributed by atoms with van der Waals surface area (Å²) < 4.78 is 10.1. The first-order valence-electron chi connectivity index (χ1n) is 7.24. The Morgan fingerprint density at radius 1 is 0.913 bits per heavy atom. The van der Waals surface area contributed by atoms with E-state index < -0.39 is 5.97 Å². The molecule has 2 aromatic rings. The lowest BCUT2D eigenvalue weighted by atomic mass is 10.1. The van der Waals surface area contributed by atoms with E-state index in [4.69, 9.17) is 9.47 Å². The lowest BCUT2D eigenvalue weighted by Crippen LogP contribution is -2.30. The van der Waals surface area contributed by atoms with Gasteiger partial charge >= 0.3 is 5.97 Å². The van der Waals surface area contributed by atoms with E-state index in [9.17, 15) is 9.59 Å². The number of benzene rings is 2. The summed E-state index contributed by atoms with van der Waals surface area (Å²) in [5.74, 6) is -0.788. The van der Waals surface area contributed by atoms with Gasteiger partial charge in [0, 0.05) is 12.7 Å². The SMILES string of the molecule is COCc1ccc(C(=O)NCC(=O)OCc2ccccc2)cc1. The van der Waals surface area contributed by atoms with Gasteiger partial charge in [-0.15, -0.1) is 0 Å². The van der Waals surface area contributed by atoms with Gasteiger partial charge in [-0.25, -0.2) is 0 Å². The lowest BCUT2D eigenvalue weighted by molar-refractivity contribution is -0.143. The molecule has 0 bridgehead atoms. The topological polar surface area (TPSA) is 64.6 Å². The summed E-state index contributed by atoms with van der Waals surface area (Å²) in [6.07, 6.45) is 0. The molecule has 23 heavy (non-hydrogen) atoms. The molecule has 0 heterocycles. The first-order valence-corrected chi connectivity index (χ1v) is 7.24. The Bertz CT molecular complexity index is 638. The fourth-order valence-electron chi connectivity index (χ4n) is 1.96. The number of rotatable bonds is 7. The van der Waals surface area contributed by atoms with Gasteiger partial charge in [0.15, 0.2) is 0 Å². The zero-order valence-corrected chi connectivity index (χ0v) is 13.0. The van der Waals surface area contributed by atoms with Crippen LogP contribution in [0.5, 0.6) is 0 Å². The molecule has 120 valence electrons. The van der Waals surface area contributed by atoms with Gasteiger partial charge in [-0.05, 0) is 23.3 Å². The van der Waals surface area contributed by atoms with Crippen LogP contribution in [-0.4, -0.2) is 25.5 Å². The number of hydrogen-bond acceptors (Lipinski definition) is 4. The van der Waals surface area contributed by atoms with Crippen molar-refractivity contribution in [2.45, 2.75) is 13.2 Å². The summed E-state index contributed by atoms with van der Waals surface area (Å²) in [6.45, 7) is 0.528. The molecule has 0 aliphatic heterocycles. The van der Waals surface area contributed by atoms with Crippen LogP contribution in [0.4, 0.5) is 0 Å². The molecule has 2 aromatic carbocycles. The molecule has 1 N–H and O–H groups in total. The molecule has 1 amide bonds. The molecule has 0 radical (unpaired) electrons. The second-order valence-electron chi connectivity index (χ2n) is 4.96. The van der Waals surface area contributed by atoms with E-state index in [1.807, 2.05) is 42.5 Å². The summed E-state index contributed by atoms with van der Waals surface area (Å²) >= 11 is 0. The summed E-state index contributed by atoms with van der Waals surface area (Å²) in [5, 5.41) is 2.54. The minimum Gasteiger partial charge on any atom is -0.460 e. The number of nitrogens with one attached hydrogen (secondary N) is 1. The van der Waals surface area contributed by atoms with Crippen LogP contribution in [0.2, 0.25) is 0 Å². The van der Waals surface area contributed by atoms with Gasteiger partial charge in [0.25, 0.3) is 5.91 Å². The molecule has 2 rings (SSSR count). The van der Waals surface area contributed by atoms with Gasteiger partial charge in [0.2, 0.25) is 0 Å². The Kier molecular flexibility index (Phi) is 6.32. The molecule has 0 fully saturated rings. The molecule has 0 aliphatic carbocycles. The van der Waals surface area contributed by atoms with Crippen LogP contribution in [0.1, 0.15) is 21.5 Å². The molecule has 5 heteroatoms. The number of methoxy groups -OCH3 is 1. The maximum Gasteiger partial charge on any atom is 0.325 e. The van der Waals surface area contributed by atoms with Crippen molar-refractivity contribution in [2.75, 3.05) is 13.7 Å². The van der Waals surface area contributed by atoms with Crippen molar-refractivity contribution < 1.29 is 19.1 Å². The molecule has 0 saturated carbocycles. The first kappa shape index (κ1) is 16.7. The van der Waals surface area contributed by atoms with Crippen LogP contribution in [0.15, 0.2) is 54.6 Å². The van der Waals surface area contributed by atoms with E-state index in [1.165, 1.54) is 0 Å². The van der Waals surface area contributed by atoms with Crippen molar-refractivity contribution in [3.05, 3.63) is 71.3 Å². The van der Waals surface area contributed by atoms with E-state index >= 15 is 0 Å². The normalized spacial score (nSPS) is 10.1. The first-order chi connectivity index (χ1) is 11.2. The van der Waals surface area contributed by atoms with Crippen LogP contribution in [0.25, 0.3) is 0 Å². The van der Waals surface area contributed by atoms with Crippen LogP contribution >= 0.6 is 0 Å². The summed E-state index contributed by atoms with van der Waals surface area (Å²) in [7, 11) is 1.61. The Labute approximate surface area is 135 Å². The van der Waals surface area contributed by atoms with Crippen LogP contribution in [-0.2, 0) is 27.5 Å². The maximum atomic E-state index is 11.9. The monoisotopic (exact) mass is 313 g/mol. The molecule has 0 atom stereocenters. The molecule has 5 nitrogen and oxygen atoms in total. The Morgan fingerprint density at radius 3 is 2.22 bits per heavy atom. The number of carbonyl (C=O) groups excluding carboxylic acids is 2. The minimum absolute atomic E-state index is 0.161. The predicted molar refractivity (Wildman–Crippen MR) is 85.7 cm³/mol. The van der Waals surface area contributed by atoms with Gasteiger partial charge in [-0.1, -0.05) is 42.5 Å². The Morgan fingerprint density at radius 2 is 1.57 bits per heavy atom. The summed E-state index contributed by atoms with van der Waals surface area (Å²) in [6, 6.07) is 16.4. The van der Waals surface area contributed by atoms with E-state index in [0.29, 0.717) is 12.2 Å². The number of ether oxygens (including phenoxy) is 2. The van der Waals surface area contributed by atoms with Crippen LogP contribution in [0, 0.1) is 0 Å². The molecular weight excluding hydrogens is 294 g/mol. The quantitative estimate of drug-likeness (QED) is 0.797. The zero-order chi connectivity index (χ0) is 16.5. The van der Waals surface area contributed by atoms with Gasteiger partial charge in [0.1, 0.15) is 13.2 Å². The number of esters is 1. The second kappa shape index (κ2) is 8.70. The lowest BCUT2D eigenvalue weighted by Gasteiger charge is -2.07. The van der Waals surface area contributed by atoms with Crippen molar-refractivity contribution >= 4 is 11.9 Å². The van der Waals surface area contributed by atoms with Crippen LogP contribution < -0.4 is 5.32 Å². The number of amides is 1. The van der Waals surface area contributed by atoms with Gasteiger partial charge in [-0.2, -0.15) is 0 Å². The van der Waals surface area contributed by atoms with Crippen molar-refractivity contribution in [1.82, 2.24) is 5.32 Å². The summed E-state index contributed by atoms with van der Waals surface area (Å²) in [4.78, 5) is 23.6. The third-order valence-electron chi connectivity index (χ3n) is 3.16. The van der Waals surface area contributed by atoms with E-state index in [0.717, 1.165) is 11.1 Å². The molecule has 0 unspecified atom stereocenters. The fraction of sp³-hybridized carbons (Fsp3) is 0.222. The highest BCUT2D eigenvalue weighted by Gasteiger charge is 2.09. The van der Waals surface area contributed by atoms with Crippen molar-refractivity contribution in [3.63, 3.8) is 0 Å². The van der Waals surface area contributed by atoms with Gasteiger partial charge < -0.3 is 14.8 Å². The zero-order valence-electron chi connectivity index (χ0n) is 13.0. The second-order valence-corrected chi connectivity index (χ2v) is 4.96. The van der Waals surface area contributed by atoms with E-state index in [-0.39, 0.29) is 19.1 Å². The van der Waals surface area contributed by atoms with Crippen molar-refractivity contribution in [2.24, 2.45) is 0 Å². The van der Waals surface area contributed by atoms with Crippen LogP contribution in [0.3, 0.4) is 0 Å². The Hall–Kier alpha value is -2.66. The van der Waals surface area contributed by atoms with E-state index in [1.54, 1.807) is 19.2 Å². The van der Waals surface area contributed by atoms with Gasteiger partial charge in [-0.3, -0.25) is 9.59 Å². The molecule has 0 spiro atoms. The predicted octanol–water partition coefficient (Wildman–Crippen LogP) is 2.31. The third kappa shape index (κ3) is 5.56. The number of carbonyl (C=O) groups is 2. The molecule has 0 saturated heterocycles. The van der Waals surface area contributed by atoms with Crippen molar-refractivity contribution in [3.8, 4) is 0 Å². The highest BCUT2D eigenvalue weighted by molar-refractivity contribution is 5.95. The van der Waals surface area contributed by atoms with Crippen molar-refractivity contribution in [1.29, 1.82) is 0 Å². The minimum atomic E-state index is -0.474. The highest BCUT2D eigenvalue weighted by Crippen LogP contribution is 2.05. The Balaban J connectivity index is 1.76. The number of hydrogen-bond donors (Lipinski definition) is 1. The molecule has 0 aliphatic rings. The standard InChI is InChI=1S/C18H19NO4/c1-22-12-15-7-9-16(10-8-15)18(21)19-11-17(20)23-13-14-5-3-2-4-6-14/h2-10H,11-13H2,1H3,(H,19,21). The molecular formula is C18H19NO4. The summed E-state index contributed by atoms with van der Waals surface area (Å²) in [5.41, 5.74) is 2.37. The third-order valence-corrected chi connectivity index (χ3v) is 3.16.